The lowest BCUT2D eigenvalue weighted by Gasteiger charge is -2.13. The predicted octanol–water partition coefficient (Wildman–Crippen LogP) is 3.95. The normalized spacial score (nSPS) is 11.4. The fourth-order valence-electron chi connectivity index (χ4n) is 2.41. The van der Waals surface area contributed by atoms with Crippen molar-refractivity contribution in [3.05, 3.63) is 71.2 Å². The maximum atomic E-state index is 12.3. The Morgan fingerprint density at radius 1 is 1.10 bits per heavy atom. The number of benzene rings is 2. The maximum absolute atomic E-state index is 12.3. The van der Waals surface area contributed by atoms with Crippen molar-refractivity contribution in [2.45, 2.75) is 19.6 Å². The standard InChI is InChI=1S/C21H21N3O4S/c1-14(19(25)23-16-8-10-17(27-2)11-9-16)28-20(26)18-13-29-21(24-18)22-12-15-6-4-3-5-7-15/h3-11,13-14H,12H2,1-2H3,(H,22,24)(H,23,25)/t14-/m1/s1. The molecule has 3 aromatic rings. The number of esters is 1. The number of hydrogen-bond donors (Lipinski definition) is 2. The Kier molecular flexibility index (Phi) is 6.80. The number of nitrogens with zero attached hydrogens (tertiary/aromatic N) is 1. The molecule has 29 heavy (non-hydrogen) atoms. The van der Waals surface area contributed by atoms with Gasteiger partial charge in [-0.2, -0.15) is 0 Å². The van der Waals surface area contributed by atoms with Crippen LogP contribution in [-0.4, -0.2) is 30.1 Å². The molecular formula is C21H21N3O4S. The smallest absolute Gasteiger partial charge is 0.358 e. The first-order valence-electron chi connectivity index (χ1n) is 8.94. The van der Waals surface area contributed by atoms with Gasteiger partial charge in [0.1, 0.15) is 5.75 Å². The molecule has 8 heteroatoms. The molecule has 2 N–H and O–H groups in total. The molecule has 0 saturated carbocycles. The van der Waals surface area contributed by atoms with Crippen molar-refractivity contribution in [2.24, 2.45) is 0 Å². The highest BCUT2D eigenvalue weighted by atomic mass is 32.1. The molecular weight excluding hydrogens is 390 g/mol. The van der Waals surface area contributed by atoms with Gasteiger partial charge in [0.25, 0.3) is 5.91 Å². The van der Waals surface area contributed by atoms with Crippen molar-refractivity contribution < 1.29 is 19.1 Å². The van der Waals surface area contributed by atoms with E-state index >= 15 is 0 Å². The molecule has 1 heterocycles. The molecule has 1 atom stereocenters. The Labute approximate surface area is 172 Å². The molecule has 0 fully saturated rings. The number of carbonyl (C=O) groups is 2. The van der Waals surface area contributed by atoms with Gasteiger partial charge in [-0.1, -0.05) is 30.3 Å². The summed E-state index contributed by atoms with van der Waals surface area (Å²) in [6.45, 7) is 2.11. The van der Waals surface area contributed by atoms with Gasteiger partial charge >= 0.3 is 5.97 Å². The number of anilines is 2. The van der Waals surface area contributed by atoms with Crippen LogP contribution in [0.5, 0.6) is 5.75 Å². The second-order valence-corrected chi connectivity index (χ2v) is 7.00. The molecule has 0 aliphatic heterocycles. The van der Waals surface area contributed by atoms with Crippen LogP contribution in [0, 0.1) is 0 Å². The monoisotopic (exact) mass is 411 g/mol. The molecule has 0 aliphatic carbocycles. The summed E-state index contributed by atoms with van der Waals surface area (Å²) >= 11 is 1.30. The summed E-state index contributed by atoms with van der Waals surface area (Å²) in [5, 5.41) is 8.06. The minimum absolute atomic E-state index is 0.162. The van der Waals surface area contributed by atoms with Gasteiger partial charge in [-0.15, -0.1) is 11.3 Å². The Morgan fingerprint density at radius 3 is 2.52 bits per heavy atom. The first-order valence-corrected chi connectivity index (χ1v) is 9.82. The molecule has 7 nitrogen and oxygen atoms in total. The zero-order valence-electron chi connectivity index (χ0n) is 16.0. The van der Waals surface area contributed by atoms with Crippen LogP contribution in [0.3, 0.4) is 0 Å². The van der Waals surface area contributed by atoms with E-state index < -0.39 is 18.0 Å². The molecule has 150 valence electrons. The van der Waals surface area contributed by atoms with E-state index in [1.165, 1.54) is 18.3 Å². The quantitative estimate of drug-likeness (QED) is 0.546. The third kappa shape index (κ3) is 5.79. The summed E-state index contributed by atoms with van der Waals surface area (Å²) in [5.41, 5.74) is 1.85. The molecule has 0 bridgehead atoms. The lowest BCUT2D eigenvalue weighted by Crippen LogP contribution is -2.30. The summed E-state index contributed by atoms with van der Waals surface area (Å²) in [4.78, 5) is 28.8. The minimum Gasteiger partial charge on any atom is -0.497 e. The average molecular weight is 411 g/mol. The van der Waals surface area contributed by atoms with Crippen LogP contribution < -0.4 is 15.4 Å². The second kappa shape index (κ2) is 9.70. The van der Waals surface area contributed by atoms with Crippen LogP contribution in [0.2, 0.25) is 0 Å². The number of methoxy groups -OCH3 is 1. The molecule has 1 aromatic heterocycles. The molecule has 2 aromatic carbocycles. The number of nitrogens with one attached hydrogen (secondary N) is 2. The molecule has 0 unspecified atom stereocenters. The van der Waals surface area contributed by atoms with Gasteiger partial charge in [0, 0.05) is 17.6 Å². The number of carbonyl (C=O) groups excluding carboxylic acids is 2. The largest absolute Gasteiger partial charge is 0.497 e. The third-order valence-electron chi connectivity index (χ3n) is 4.01. The van der Waals surface area contributed by atoms with Crippen LogP contribution in [0.1, 0.15) is 23.0 Å². The molecule has 0 spiro atoms. The zero-order chi connectivity index (χ0) is 20.6. The number of aromatic nitrogens is 1. The molecule has 0 saturated heterocycles. The van der Waals surface area contributed by atoms with Gasteiger partial charge in [0.15, 0.2) is 16.9 Å². The van der Waals surface area contributed by atoms with Crippen molar-refractivity contribution in [1.29, 1.82) is 0 Å². The second-order valence-electron chi connectivity index (χ2n) is 6.14. The van der Waals surface area contributed by atoms with E-state index in [9.17, 15) is 9.59 Å². The predicted molar refractivity (Wildman–Crippen MR) is 112 cm³/mol. The highest BCUT2D eigenvalue weighted by molar-refractivity contribution is 7.13. The van der Waals surface area contributed by atoms with Gasteiger partial charge in [0.05, 0.1) is 7.11 Å². The Morgan fingerprint density at radius 2 is 1.83 bits per heavy atom. The highest BCUT2D eigenvalue weighted by Gasteiger charge is 2.21. The number of hydrogen-bond acceptors (Lipinski definition) is 7. The Bertz CT molecular complexity index is 958. The summed E-state index contributed by atoms with van der Waals surface area (Å²) in [6.07, 6.45) is -0.966. The van der Waals surface area contributed by atoms with Crippen molar-refractivity contribution in [3.8, 4) is 5.75 Å². The summed E-state index contributed by atoms with van der Waals surface area (Å²) in [7, 11) is 1.57. The fourth-order valence-corrected chi connectivity index (χ4v) is 3.09. The van der Waals surface area contributed by atoms with Gasteiger partial charge < -0.3 is 20.1 Å². The third-order valence-corrected chi connectivity index (χ3v) is 4.81. The topological polar surface area (TPSA) is 89.5 Å². The van der Waals surface area contributed by atoms with Crippen molar-refractivity contribution >= 4 is 34.0 Å². The number of rotatable bonds is 8. The number of amides is 1. The number of ether oxygens (including phenoxy) is 2. The van der Waals surface area contributed by atoms with E-state index in [1.54, 1.807) is 36.8 Å². The van der Waals surface area contributed by atoms with Crippen LogP contribution in [0.25, 0.3) is 0 Å². The molecule has 0 radical (unpaired) electrons. The molecule has 0 aliphatic rings. The van der Waals surface area contributed by atoms with Crippen LogP contribution in [0.4, 0.5) is 10.8 Å². The van der Waals surface area contributed by atoms with E-state index in [4.69, 9.17) is 9.47 Å². The lowest BCUT2D eigenvalue weighted by molar-refractivity contribution is -0.123. The fraction of sp³-hybridized carbons (Fsp3) is 0.190. The maximum Gasteiger partial charge on any atom is 0.358 e. The van der Waals surface area contributed by atoms with Crippen LogP contribution >= 0.6 is 11.3 Å². The lowest BCUT2D eigenvalue weighted by atomic mass is 10.2. The van der Waals surface area contributed by atoms with Gasteiger partial charge in [-0.25, -0.2) is 9.78 Å². The van der Waals surface area contributed by atoms with Crippen molar-refractivity contribution in [2.75, 3.05) is 17.7 Å². The summed E-state index contributed by atoms with van der Waals surface area (Å²) in [5.74, 6) is -0.393. The van der Waals surface area contributed by atoms with E-state index in [0.29, 0.717) is 23.1 Å². The van der Waals surface area contributed by atoms with Gasteiger partial charge in [-0.05, 0) is 36.8 Å². The van der Waals surface area contributed by atoms with E-state index in [-0.39, 0.29) is 5.69 Å². The Balaban J connectivity index is 1.51. The molecule has 3 rings (SSSR count). The Hall–Kier alpha value is -3.39. The summed E-state index contributed by atoms with van der Waals surface area (Å²) < 4.78 is 10.3. The van der Waals surface area contributed by atoms with E-state index in [0.717, 1.165) is 5.56 Å². The van der Waals surface area contributed by atoms with Crippen molar-refractivity contribution in [1.82, 2.24) is 4.98 Å². The first kappa shape index (κ1) is 20.3. The highest BCUT2D eigenvalue weighted by Crippen LogP contribution is 2.18. The van der Waals surface area contributed by atoms with Crippen LogP contribution in [-0.2, 0) is 16.1 Å². The zero-order valence-corrected chi connectivity index (χ0v) is 16.9. The minimum atomic E-state index is -0.966. The molecule has 1 amide bonds. The van der Waals surface area contributed by atoms with Crippen LogP contribution in [0.15, 0.2) is 60.0 Å². The van der Waals surface area contributed by atoms with Gasteiger partial charge in [-0.3, -0.25) is 4.79 Å². The van der Waals surface area contributed by atoms with Gasteiger partial charge in [0.2, 0.25) is 0 Å². The van der Waals surface area contributed by atoms with E-state index in [2.05, 4.69) is 15.6 Å². The summed E-state index contributed by atoms with van der Waals surface area (Å²) in [6, 6.07) is 16.7. The van der Waals surface area contributed by atoms with Crippen molar-refractivity contribution in [3.63, 3.8) is 0 Å². The first-order chi connectivity index (χ1) is 14.0. The number of thiazole rings is 1. The van der Waals surface area contributed by atoms with E-state index in [1.807, 2.05) is 30.3 Å². The average Bonchev–Trinajstić information content (AvgIpc) is 3.23. The SMILES string of the molecule is COc1ccc(NC(=O)[C@@H](C)OC(=O)c2csc(NCc3ccccc3)n2)cc1.